The van der Waals surface area contributed by atoms with Crippen LogP contribution in [0.5, 0.6) is 0 Å². The highest BCUT2D eigenvalue weighted by Gasteiger charge is 2.37. The fourth-order valence-corrected chi connectivity index (χ4v) is 2.96. The van der Waals surface area contributed by atoms with Crippen LogP contribution >= 0.6 is 11.6 Å². The molecule has 0 aliphatic rings. The molecule has 0 amide bonds. The second-order valence-electron chi connectivity index (χ2n) is 5.88. The Hall–Kier alpha value is -3.21. The van der Waals surface area contributed by atoms with Gasteiger partial charge in [-0.2, -0.15) is 0 Å². The molecular formula is C18H20ClNO10. The first-order valence-corrected chi connectivity index (χ1v) is 8.78. The Morgan fingerprint density at radius 3 is 1.80 bits per heavy atom. The highest BCUT2D eigenvalue weighted by atomic mass is 35.5. The Morgan fingerprint density at radius 1 is 0.933 bits per heavy atom. The number of benzene rings is 1. The zero-order chi connectivity index (χ0) is 23.0. The van der Waals surface area contributed by atoms with E-state index in [1.807, 2.05) is 0 Å². The van der Waals surface area contributed by atoms with E-state index in [4.69, 9.17) is 11.6 Å². The number of hydrogen-bond acceptors (Lipinski definition) is 10. The lowest BCUT2D eigenvalue weighted by molar-refractivity contribution is -0.385. The fourth-order valence-electron chi connectivity index (χ4n) is 2.71. The molecular weight excluding hydrogens is 426 g/mol. The van der Waals surface area contributed by atoms with E-state index in [2.05, 4.69) is 18.9 Å². The number of methoxy groups -OCH3 is 4. The third-order valence-corrected chi connectivity index (χ3v) is 4.60. The molecule has 0 aliphatic carbocycles. The van der Waals surface area contributed by atoms with Gasteiger partial charge in [0, 0.05) is 6.07 Å². The molecule has 11 nitrogen and oxygen atoms in total. The van der Waals surface area contributed by atoms with Crippen LogP contribution in [-0.2, 0) is 44.5 Å². The number of carbonyl (C=O) groups is 4. The summed E-state index contributed by atoms with van der Waals surface area (Å²) in [5, 5.41) is 11.4. The summed E-state index contributed by atoms with van der Waals surface area (Å²) in [6.07, 6.45) is -0.120. The summed E-state index contributed by atoms with van der Waals surface area (Å²) in [6.45, 7) is 0. The molecule has 0 saturated carbocycles. The van der Waals surface area contributed by atoms with E-state index < -0.39 is 46.3 Å². The Morgan fingerprint density at radius 2 is 1.40 bits per heavy atom. The van der Waals surface area contributed by atoms with E-state index >= 15 is 0 Å². The maximum Gasteiger partial charge on any atom is 0.324 e. The molecule has 0 saturated heterocycles. The number of nitrogens with zero attached hydrogens (tertiary/aromatic N) is 1. The van der Waals surface area contributed by atoms with E-state index in [0.29, 0.717) is 0 Å². The zero-order valence-electron chi connectivity index (χ0n) is 16.6. The van der Waals surface area contributed by atoms with E-state index in [-0.39, 0.29) is 29.0 Å². The van der Waals surface area contributed by atoms with Crippen molar-refractivity contribution in [3.63, 3.8) is 0 Å². The topological polar surface area (TPSA) is 148 Å². The summed E-state index contributed by atoms with van der Waals surface area (Å²) in [4.78, 5) is 58.5. The number of aryl methyl sites for hydroxylation is 1. The molecule has 0 bridgehead atoms. The van der Waals surface area contributed by atoms with Gasteiger partial charge in [-0.1, -0.05) is 11.6 Å². The first-order chi connectivity index (χ1) is 14.1. The predicted octanol–water partition coefficient (Wildman–Crippen LogP) is 1.57. The molecule has 0 unspecified atom stereocenters. The van der Waals surface area contributed by atoms with Crippen LogP contribution in [0.3, 0.4) is 0 Å². The molecule has 1 rings (SSSR count). The molecule has 0 radical (unpaired) electrons. The number of carbonyl (C=O) groups excluding carboxylic acids is 4. The lowest BCUT2D eigenvalue weighted by Gasteiger charge is -2.16. The summed E-state index contributed by atoms with van der Waals surface area (Å²) < 4.78 is 18.3. The minimum Gasteiger partial charge on any atom is -0.468 e. The van der Waals surface area contributed by atoms with Gasteiger partial charge in [-0.05, 0) is 24.5 Å². The fraction of sp³-hybridized carbons (Fsp3) is 0.444. The maximum atomic E-state index is 12.1. The summed E-state index contributed by atoms with van der Waals surface area (Å²) in [5.41, 5.74) is -0.652. The second kappa shape index (κ2) is 11.1. The molecule has 1 aromatic carbocycles. The van der Waals surface area contributed by atoms with Crippen LogP contribution in [0, 0.1) is 16.0 Å². The van der Waals surface area contributed by atoms with Crippen LogP contribution in [0.4, 0.5) is 5.69 Å². The van der Waals surface area contributed by atoms with Gasteiger partial charge in [0.1, 0.15) is 0 Å². The molecule has 1 aromatic rings. The van der Waals surface area contributed by atoms with Crippen molar-refractivity contribution >= 4 is 41.2 Å². The number of nitro groups is 1. The Labute approximate surface area is 176 Å². The van der Waals surface area contributed by atoms with E-state index in [0.717, 1.165) is 34.5 Å². The molecule has 0 N–H and O–H groups in total. The van der Waals surface area contributed by atoms with Crippen molar-refractivity contribution in [2.75, 3.05) is 28.4 Å². The van der Waals surface area contributed by atoms with Crippen LogP contribution in [0.15, 0.2) is 12.1 Å². The van der Waals surface area contributed by atoms with Crippen molar-refractivity contribution in [2.24, 2.45) is 5.92 Å². The van der Waals surface area contributed by atoms with Gasteiger partial charge in [0.15, 0.2) is 11.8 Å². The van der Waals surface area contributed by atoms with E-state index in [1.165, 1.54) is 6.07 Å². The molecule has 12 heteroatoms. The molecule has 0 aromatic heterocycles. The van der Waals surface area contributed by atoms with Crippen molar-refractivity contribution in [3.8, 4) is 0 Å². The van der Waals surface area contributed by atoms with Crippen LogP contribution < -0.4 is 0 Å². The minimum atomic E-state index is -1.73. The molecule has 0 atom stereocenters. The Kier molecular flexibility index (Phi) is 9.18. The van der Waals surface area contributed by atoms with Gasteiger partial charge < -0.3 is 18.9 Å². The summed E-state index contributed by atoms with van der Waals surface area (Å²) in [6, 6.07) is 2.14. The monoisotopic (exact) mass is 445 g/mol. The highest BCUT2D eigenvalue weighted by Crippen LogP contribution is 2.34. The van der Waals surface area contributed by atoms with Gasteiger partial charge in [0.2, 0.25) is 0 Å². The molecule has 0 fully saturated rings. The van der Waals surface area contributed by atoms with Crippen LogP contribution in [-0.4, -0.2) is 57.2 Å². The van der Waals surface area contributed by atoms with Crippen LogP contribution in [0.25, 0.3) is 0 Å². The number of halogens is 1. The Balaban J connectivity index is 3.45. The third kappa shape index (κ3) is 5.66. The summed E-state index contributed by atoms with van der Waals surface area (Å²) in [5.74, 6) is -6.79. The largest absolute Gasteiger partial charge is 0.468 e. The van der Waals surface area contributed by atoms with E-state index in [1.54, 1.807) is 0 Å². The SMILES string of the molecule is COC(=O)C(CCc1cc(C(C(=O)OC)C(=O)OC)c([N+](=O)[O-])cc1Cl)C(=O)OC. The maximum absolute atomic E-state index is 12.1. The van der Waals surface area contributed by atoms with Crippen LogP contribution in [0.1, 0.15) is 23.5 Å². The summed E-state index contributed by atoms with van der Waals surface area (Å²) >= 11 is 6.12. The van der Waals surface area contributed by atoms with E-state index in [9.17, 15) is 29.3 Å². The molecule has 164 valence electrons. The normalized spacial score (nSPS) is 10.5. The lowest BCUT2D eigenvalue weighted by Crippen LogP contribution is -2.27. The average Bonchev–Trinajstić information content (AvgIpc) is 2.74. The molecule has 0 heterocycles. The van der Waals surface area contributed by atoms with Crippen molar-refractivity contribution in [1.29, 1.82) is 0 Å². The van der Waals surface area contributed by atoms with Gasteiger partial charge in [0.25, 0.3) is 5.69 Å². The van der Waals surface area contributed by atoms with Crippen molar-refractivity contribution in [3.05, 3.63) is 38.4 Å². The number of rotatable bonds is 9. The molecule has 0 aliphatic heterocycles. The van der Waals surface area contributed by atoms with Crippen LogP contribution in [0.2, 0.25) is 5.02 Å². The first-order valence-electron chi connectivity index (χ1n) is 8.40. The van der Waals surface area contributed by atoms with Gasteiger partial charge in [-0.25, -0.2) is 0 Å². The number of nitro benzene ring substituents is 1. The number of hydrogen-bond donors (Lipinski definition) is 0. The zero-order valence-corrected chi connectivity index (χ0v) is 17.4. The van der Waals surface area contributed by atoms with Crippen molar-refractivity contribution in [1.82, 2.24) is 0 Å². The van der Waals surface area contributed by atoms with Crippen molar-refractivity contribution in [2.45, 2.75) is 18.8 Å². The predicted molar refractivity (Wildman–Crippen MR) is 101 cm³/mol. The average molecular weight is 446 g/mol. The Bertz CT molecular complexity index is 822. The standard InChI is InChI=1S/C18H20ClNO10/c1-27-15(21)10(16(22)28-2)6-5-9-7-11(13(20(25)26)8-12(9)19)14(17(23)29-3)18(24)30-4/h7-8,10,14H,5-6H2,1-4H3. The number of ether oxygens (including phenoxy) is 4. The minimum absolute atomic E-state index is 0.0201. The highest BCUT2D eigenvalue weighted by molar-refractivity contribution is 6.31. The second-order valence-corrected chi connectivity index (χ2v) is 6.28. The molecule has 0 spiro atoms. The van der Waals surface area contributed by atoms with Gasteiger partial charge in [0.05, 0.1) is 43.9 Å². The smallest absolute Gasteiger partial charge is 0.324 e. The quantitative estimate of drug-likeness (QED) is 0.180. The first kappa shape index (κ1) is 24.8. The van der Waals surface area contributed by atoms with Gasteiger partial charge >= 0.3 is 23.9 Å². The number of esters is 4. The summed E-state index contributed by atoms with van der Waals surface area (Å²) in [7, 11) is 4.23. The third-order valence-electron chi connectivity index (χ3n) is 4.25. The lowest BCUT2D eigenvalue weighted by atomic mass is 9.92. The van der Waals surface area contributed by atoms with Gasteiger partial charge in [-0.3, -0.25) is 29.3 Å². The van der Waals surface area contributed by atoms with Crippen molar-refractivity contribution < 1.29 is 43.0 Å². The van der Waals surface area contributed by atoms with Gasteiger partial charge in [-0.15, -0.1) is 0 Å². The molecule has 30 heavy (non-hydrogen) atoms.